The molecule has 2 rings (SSSR count). The molecule has 0 radical (unpaired) electrons. The fourth-order valence-corrected chi connectivity index (χ4v) is 3.91. The average molecular weight is 275 g/mol. The molecule has 17 heavy (non-hydrogen) atoms. The molecule has 0 aliphatic heterocycles. The Bertz CT molecular complexity index is 502. The van der Waals surface area contributed by atoms with Crippen LogP contribution < -0.4 is 0 Å². The molecule has 0 bridgehead atoms. The maximum atomic E-state index is 12.1. The summed E-state index contributed by atoms with van der Waals surface area (Å²) in [6.07, 6.45) is 5.53. The second kappa shape index (κ2) is 5.31. The molecule has 0 fully saturated rings. The highest BCUT2D eigenvalue weighted by molar-refractivity contribution is 7.91. The lowest BCUT2D eigenvalue weighted by Crippen LogP contribution is -2.17. The van der Waals surface area contributed by atoms with E-state index in [9.17, 15) is 8.42 Å². The van der Waals surface area contributed by atoms with Crippen LogP contribution in [-0.2, 0) is 22.7 Å². The lowest BCUT2D eigenvalue weighted by Gasteiger charge is -2.16. The van der Waals surface area contributed by atoms with E-state index in [-0.39, 0.29) is 10.8 Å². The van der Waals surface area contributed by atoms with E-state index in [1.165, 1.54) is 6.33 Å². The Morgan fingerprint density at radius 1 is 1.24 bits per heavy atom. The fourth-order valence-electron chi connectivity index (χ4n) is 2.10. The summed E-state index contributed by atoms with van der Waals surface area (Å²) in [4.78, 5) is 8.15. The highest BCUT2D eigenvalue weighted by Gasteiger charge is 2.24. The molecule has 0 atom stereocenters. The van der Waals surface area contributed by atoms with E-state index < -0.39 is 9.84 Å². The van der Waals surface area contributed by atoms with Gasteiger partial charge in [0.1, 0.15) is 6.33 Å². The standard InChI is InChI=1S/C11H15ClN2O2S/c12-6-3-7-17(15,16)11-9-4-1-2-5-10(9)13-8-14-11/h8H,1-7H2. The minimum Gasteiger partial charge on any atom is -0.241 e. The van der Waals surface area contributed by atoms with Crippen LogP contribution in [0.1, 0.15) is 30.5 Å². The van der Waals surface area contributed by atoms with E-state index in [1.54, 1.807) is 0 Å². The number of hydrogen-bond acceptors (Lipinski definition) is 4. The lowest BCUT2D eigenvalue weighted by atomic mass is 9.98. The number of rotatable bonds is 4. The molecule has 0 aromatic carbocycles. The number of fused-ring (bicyclic) bond motifs is 1. The van der Waals surface area contributed by atoms with E-state index in [4.69, 9.17) is 11.6 Å². The Labute approximate surface area is 106 Å². The molecule has 0 N–H and O–H groups in total. The third-order valence-corrected chi connectivity index (χ3v) is 4.96. The maximum absolute atomic E-state index is 12.1. The Balaban J connectivity index is 2.38. The Morgan fingerprint density at radius 3 is 2.76 bits per heavy atom. The Hall–Kier alpha value is -0.680. The molecule has 6 heteroatoms. The monoisotopic (exact) mass is 274 g/mol. The lowest BCUT2D eigenvalue weighted by molar-refractivity contribution is 0.581. The molecule has 0 spiro atoms. The van der Waals surface area contributed by atoms with Gasteiger partial charge in [0, 0.05) is 17.1 Å². The molecule has 1 aromatic heterocycles. The first-order chi connectivity index (χ1) is 8.15. The van der Waals surface area contributed by atoms with Gasteiger partial charge in [0.15, 0.2) is 14.9 Å². The van der Waals surface area contributed by atoms with Crippen molar-refractivity contribution in [2.24, 2.45) is 0 Å². The summed E-state index contributed by atoms with van der Waals surface area (Å²) < 4.78 is 24.2. The van der Waals surface area contributed by atoms with Crippen molar-refractivity contribution >= 4 is 21.4 Å². The summed E-state index contributed by atoms with van der Waals surface area (Å²) in [7, 11) is -3.30. The first-order valence-corrected chi connectivity index (χ1v) is 7.95. The molecule has 4 nitrogen and oxygen atoms in total. The predicted octanol–water partition coefficient (Wildman–Crippen LogP) is 1.76. The van der Waals surface area contributed by atoms with Crippen LogP contribution in [0.2, 0.25) is 0 Å². The smallest absolute Gasteiger partial charge is 0.196 e. The molecular formula is C11H15ClN2O2S. The quantitative estimate of drug-likeness (QED) is 0.620. The maximum Gasteiger partial charge on any atom is 0.196 e. The Kier molecular flexibility index (Phi) is 3.99. The van der Waals surface area contributed by atoms with Gasteiger partial charge >= 0.3 is 0 Å². The van der Waals surface area contributed by atoms with Crippen molar-refractivity contribution in [2.75, 3.05) is 11.6 Å². The minimum atomic E-state index is -3.30. The van der Waals surface area contributed by atoms with E-state index in [1.807, 2.05) is 0 Å². The number of alkyl halides is 1. The fraction of sp³-hybridized carbons (Fsp3) is 0.636. The summed E-state index contributed by atoms with van der Waals surface area (Å²) in [5, 5.41) is 0.229. The van der Waals surface area contributed by atoms with Crippen molar-refractivity contribution in [1.29, 1.82) is 0 Å². The van der Waals surface area contributed by atoms with Gasteiger partial charge in [-0.3, -0.25) is 0 Å². The van der Waals surface area contributed by atoms with Crippen molar-refractivity contribution < 1.29 is 8.42 Å². The summed E-state index contributed by atoms with van der Waals surface area (Å²) in [5.41, 5.74) is 1.73. The summed E-state index contributed by atoms with van der Waals surface area (Å²) in [6.45, 7) is 0. The third kappa shape index (κ3) is 2.77. The molecule has 94 valence electrons. The van der Waals surface area contributed by atoms with Gasteiger partial charge in [0.05, 0.1) is 5.75 Å². The van der Waals surface area contributed by atoms with Crippen molar-refractivity contribution in [2.45, 2.75) is 37.1 Å². The van der Waals surface area contributed by atoms with Crippen LogP contribution in [0.25, 0.3) is 0 Å². The molecule has 1 aliphatic rings. The molecular weight excluding hydrogens is 260 g/mol. The number of sulfone groups is 1. The van der Waals surface area contributed by atoms with Gasteiger partial charge in [0.2, 0.25) is 0 Å². The van der Waals surface area contributed by atoms with Crippen molar-refractivity contribution in [3.8, 4) is 0 Å². The van der Waals surface area contributed by atoms with E-state index >= 15 is 0 Å². The van der Waals surface area contributed by atoms with Gasteiger partial charge in [-0.1, -0.05) is 0 Å². The molecule has 0 saturated heterocycles. The van der Waals surface area contributed by atoms with Gasteiger partial charge in [-0.05, 0) is 32.1 Å². The molecule has 1 heterocycles. The van der Waals surface area contributed by atoms with E-state index in [2.05, 4.69) is 9.97 Å². The van der Waals surface area contributed by atoms with Crippen LogP contribution in [0.15, 0.2) is 11.4 Å². The molecule has 0 unspecified atom stereocenters. The van der Waals surface area contributed by atoms with Crippen LogP contribution in [-0.4, -0.2) is 30.0 Å². The zero-order valence-electron chi connectivity index (χ0n) is 9.52. The van der Waals surface area contributed by atoms with Gasteiger partial charge in [-0.2, -0.15) is 0 Å². The summed E-state index contributed by atoms with van der Waals surface area (Å²) in [6, 6.07) is 0. The van der Waals surface area contributed by atoms with Gasteiger partial charge < -0.3 is 0 Å². The second-order valence-corrected chi connectivity index (χ2v) is 6.57. The zero-order valence-corrected chi connectivity index (χ0v) is 11.1. The van der Waals surface area contributed by atoms with Gasteiger partial charge in [-0.25, -0.2) is 18.4 Å². The number of aryl methyl sites for hydroxylation is 1. The minimum absolute atomic E-state index is 0.0694. The normalized spacial score (nSPS) is 15.6. The van der Waals surface area contributed by atoms with E-state index in [0.29, 0.717) is 12.3 Å². The van der Waals surface area contributed by atoms with Crippen LogP contribution in [0.4, 0.5) is 0 Å². The van der Waals surface area contributed by atoms with Crippen LogP contribution in [0, 0.1) is 0 Å². The van der Waals surface area contributed by atoms with Crippen molar-refractivity contribution in [1.82, 2.24) is 9.97 Å². The third-order valence-electron chi connectivity index (χ3n) is 2.93. The first-order valence-electron chi connectivity index (χ1n) is 5.76. The number of hydrogen-bond donors (Lipinski definition) is 0. The van der Waals surface area contributed by atoms with E-state index in [0.717, 1.165) is 36.9 Å². The zero-order chi connectivity index (χ0) is 12.3. The van der Waals surface area contributed by atoms with Crippen molar-refractivity contribution in [3.05, 3.63) is 17.6 Å². The highest BCUT2D eigenvalue weighted by atomic mass is 35.5. The average Bonchev–Trinajstić information content (AvgIpc) is 2.36. The van der Waals surface area contributed by atoms with Gasteiger partial charge in [0.25, 0.3) is 0 Å². The summed E-state index contributed by atoms with van der Waals surface area (Å²) >= 11 is 5.54. The van der Waals surface area contributed by atoms with Crippen molar-refractivity contribution in [3.63, 3.8) is 0 Å². The predicted molar refractivity (Wildman–Crippen MR) is 66.1 cm³/mol. The number of nitrogens with zero attached hydrogens (tertiary/aromatic N) is 2. The molecule has 1 aromatic rings. The van der Waals surface area contributed by atoms with Crippen LogP contribution in [0.3, 0.4) is 0 Å². The van der Waals surface area contributed by atoms with Crippen LogP contribution in [0.5, 0.6) is 0 Å². The largest absolute Gasteiger partial charge is 0.241 e. The second-order valence-electron chi connectivity index (χ2n) is 4.17. The van der Waals surface area contributed by atoms with Gasteiger partial charge in [-0.15, -0.1) is 11.6 Å². The van der Waals surface area contributed by atoms with Crippen LogP contribution >= 0.6 is 11.6 Å². The molecule has 1 aliphatic carbocycles. The highest BCUT2D eigenvalue weighted by Crippen LogP contribution is 2.25. The number of halogens is 1. The Morgan fingerprint density at radius 2 is 2.00 bits per heavy atom. The molecule has 0 saturated carbocycles. The first kappa shape index (κ1) is 12.8. The summed E-state index contributed by atoms with van der Waals surface area (Å²) in [5.74, 6) is 0.423. The SMILES string of the molecule is O=S(=O)(CCCCl)c1ncnc2c1CCCC2. The number of aromatic nitrogens is 2. The topological polar surface area (TPSA) is 59.9 Å². The molecule has 0 amide bonds.